The average Bonchev–Trinajstić information content (AvgIpc) is 2.46. The smallest absolute Gasteiger partial charge is 0.216 e. The molecule has 0 spiro atoms. The van der Waals surface area contributed by atoms with Crippen molar-refractivity contribution in [3.8, 4) is 5.88 Å². The Kier molecular flexibility index (Phi) is 5.61. The predicted octanol–water partition coefficient (Wildman–Crippen LogP) is 2.87. The fraction of sp³-hybridized carbons (Fsp3) is 0.667. The molecule has 0 saturated carbocycles. The number of hydrogen-bond acceptors (Lipinski definition) is 4. The first-order valence-electron chi connectivity index (χ1n) is 7.03. The molecule has 0 aromatic carbocycles. The number of methoxy groups -OCH3 is 1. The SMILES string of the molecule is COc1nc(C)ccc1CCCOC1CCCCO1. The highest BCUT2D eigenvalue weighted by Crippen LogP contribution is 2.18. The molecule has 1 saturated heterocycles. The Morgan fingerprint density at radius 3 is 3.00 bits per heavy atom. The van der Waals surface area contributed by atoms with Gasteiger partial charge in [-0.25, -0.2) is 4.98 Å². The minimum Gasteiger partial charge on any atom is -0.481 e. The topological polar surface area (TPSA) is 40.6 Å². The van der Waals surface area contributed by atoms with Crippen molar-refractivity contribution in [3.63, 3.8) is 0 Å². The van der Waals surface area contributed by atoms with Gasteiger partial charge in [0.2, 0.25) is 5.88 Å². The second-order valence-corrected chi connectivity index (χ2v) is 4.89. The van der Waals surface area contributed by atoms with E-state index in [-0.39, 0.29) is 6.29 Å². The molecule has 1 aromatic rings. The van der Waals surface area contributed by atoms with E-state index in [9.17, 15) is 0 Å². The first-order chi connectivity index (χ1) is 9.29. The van der Waals surface area contributed by atoms with Gasteiger partial charge in [0, 0.05) is 17.9 Å². The number of rotatable bonds is 6. The predicted molar refractivity (Wildman–Crippen MR) is 73.4 cm³/mol. The van der Waals surface area contributed by atoms with E-state index in [1.807, 2.05) is 13.0 Å². The van der Waals surface area contributed by atoms with Crippen molar-refractivity contribution in [2.24, 2.45) is 0 Å². The van der Waals surface area contributed by atoms with E-state index in [0.29, 0.717) is 0 Å². The van der Waals surface area contributed by atoms with Gasteiger partial charge in [-0.15, -0.1) is 0 Å². The van der Waals surface area contributed by atoms with Crippen LogP contribution < -0.4 is 4.74 Å². The molecular formula is C15H23NO3. The molecule has 0 N–H and O–H groups in total. The summed E-state index contributed by atoms with van der Waals surface area (Å²) in [5.41, 5.74) is 2.12. The number of hydrogen-bond donors (Lipinski definition) is 0. The van der Waals surface area contributed by atoms with Crippen molar-refractivity contribution < 1.29 is 14.2 Å². The highest BCUT2D eigenvalue weighted by atomic mass is 16.7. The third-order valence-corrected chi connectivity index (χ3v) is 3.30. The molecule has 1 atom stereocenters. The molecule has 2 rings (SSSR count). The molecule has 19 heavy (non-hydrogen) atoms. The van der Waals surface area contributed by atoms with Gasteiger partial charge >= 0.3 is 0 Å². The zero-order chi connectivity index (χ0) is 13.5. The monoisotopic (exact) mass is 265 g/mol. The summed E-state index contributed by atoms with van der Waals surface area (Å²) in [4.78, 5) is 4.37. The van der Waals surface area contributed by atoms with Gasteiger partial charge in [0.15, 0.2) is 6.29 Å². The van der Waals surface area contributed by atoms with Crippen LogP contribution in [0.5, 0.6) is 5.88 Å². The van der Waals surface area contributed by atoms with E-state index >= 15 is 0 Å². The zero-order valence-corrected chi connectivity index (χ0v) is 11.9. The number of nitrogens with zero attached hydrogens (tertiary/aromatic N) is 1. The minimum absolute atomic E-state index is 0.00629. The van der Waals surface area contributed by atoms with Crippen LogP contribution in [0, 0.1) is 6.92 Å². The largest absolute Gasteiger partial charge is 0.481 e. The van der Waals surface area contributed by atoms with Gasteiger partial charge < -0.3 is 14.2 Å². The van der Waals surface area contributed by atoms with Crippen LogP contribution >= 0.6 is 0 Å². The van der Waals surface area contributed by atoms with Gasteiger partial charge in [0.05, 0.1) is 13.7 Å². The lowest BCUT2D eigenvalue weighted by Gasteiger charge is -2.22. The minimum atomic E-state index is 0.00629. The van der Waals surface area contributed by atoms with Gasteiger partial charge in [0.1, 0.15) is 0 Å². The lowest BCUT2D eigenvalue weighted by atomic mass is 10.1. The number of aryl methyl sites for hydroxylation is 2. The van der Waals surface area contributed by atoms with E-state index in [4.69, 9.17) is 14.2 Å². The summed E-state index contributed by atoms with van der Waals surface area (Å²) >= 11 is 0. The van der Waals surface area contributed by atoms with Gasteiger partial charge in [-0.1, -0.05) is 6.07 Å². The standard InChI is InChI=1S/C15H23NO3/c1-12-8-9-13(15(16-12)17-2)6-5-11-19-14-7-3-4-10-18-14/h8-9,14H,3-7,10-11H2,1-2H3. The molecule has 1 fully saturated rings. The Hall–Kier alpha value is -1.13. The summed E-state index contributed by atoms with van der Waals surface area (Å²) in [5.74, 6) is 0.730. The van der Waals surface area contributed by atoms with Crippen LogP contribution in [0.25, 0.3) is 0 Å². The van der Waals surface area contributed by atoms with Gasteiger partial charge in [-0.05, 0) is 45.1 Å². The number of aromatic nitrogens is 1. The Labute approximate surface area is 115 Å². The fourth-order valence-electron chi connectivity index (χ4n) is 2.25. The molecule has 1 unspecified atom stereocenters. The maximum atomic E-state index is 5.72. The molecule has 0 amide bonds. The number of ether oxygens (including phenoxy) is 3. The van der Waals surface area contributed by atoms with Crippen LogP contribution in [0.15, 0.2) is 12.1 Å². The van der Waals surface area contributed by atoms with E-state index < -0.39 is 0 Å². The van der Waals surface area contributed by atoms with Crippen LogP contribution in [0.3, 0.4) is 0 Å². The normalized spacial score (nSPS) is 19.4. The first-order valence-corrected chi connectivity index (χ1v) is 7.03. The molecule has 1 aliphatic heterocycles. The quantitative estimate of drug-likeness (QED) is 0.742. The Balaban J connectivity index is 1.73. The van der Waals surface area contributed by atoms with Gasteiger partial charge in [-0.2, -0.15) is 0 Å². The summed E-state index contributed by atoms with van der Waals surface area (Å²) in [5, 5.41) is 0. The second kappa shape index (κ2) is 7.46. The summed E-state index contributed by atoms with van der Waals surface area (Å²) in [6.45, 7) is 3.53. The second-order valence-electron chi connectivity index (χ2n) is 4.89. The van der Waals surface area contributed by atoms with Crippen LogP contribution in [-0.2, 0) is 15.9 Å². The molecule has 0 bridgehead atoms. The van der Waals surface area contributed by atoms with Gasteiger partial charge in [-0.3, -0.25) is 0 Å². The molecule has 4 nitrogen and oxygen atoms in total. The number of pyridine rings is 1. The summed E-state index contributed by atoms with van der Waals surface area (Å²) in [6, 6.07) is 4.10. The molecule has 1 aromatic heterocycles. The van der Waals surface area contributed by atoms with Gasteiger partial charge in [0.25, 0.3) is 0 Å². The lowest BCUT2D eigenvalue weighted by molar-refractivity contribution is -0.162. The maximum Gasteiger partial charge on any atom is 0.216 e. The van der Waals surface area contributed by atoms with Crippen molar-refractivity contribution >= 4 is 0 Å². The summed E-state index contributed by atoms with van der Waals surface area (Å²) in [7, 11) is 1.66. The van der Waals surface area contributed by atoms with E-state index in [2.05, 4.69) is 11.1 Å². The molecule has 1 aliphatic rings. The lowest BCUT2D eigenvalue weighted by Crippen LogP contribution is -2.22. The Morgan fingerprint density at radius 1 is 1.37 bits per heavy atom. The Morgan fingerprint density at radius 2 is 2.26 bits per heavy atom. The van der Waals surface area contributed by atoms with Crippen molar-refractivity contribution in [2.45, 2.75) is 45.3 Å². The highest BCUT2D eigenvalue weighted by Gasteiger charge is 2.13. The van der Waals surface area contributed by atoms with E-state index in [1.165, 1.54) is 6.42 Å². The molecule has 106 valence electrons. The van der Waals surface area contributed by atoms with Crippen LogP contribution in [-0.4, -0.2) is 31.6 Å². The fourth-order valence-corrected chi connectivity index (χ4v) is 2.25. The van der Waals surface area contributed by atoms with Crippen LogP contribution in [0.4, 0.5) is 0 Å². The van der Waals surface area contributed by atoms with Crippen molar-refractivity contribution in [1.82, 2.24) is 4.98 Å². The van der Waals surface area contributed by atoms with Crippen LogP contribution in [0.2, 0.25) is 0 Å². The molecular weight excluding hydrogens is 242 g/mol. The van der Waals surface area contributed by atoms with Crippen molar-refractivity contribution in [1.29, 1.82) is 0 Å². The van der Waals surface area contributed by atoms with Crippen molar-refractivity contribution in [2.75, 3.05) is 20.3 Å². The third kappa shape index (κ3) is 4.48. The third-order valence-electron chi connectivity index (χ3n) is 3.30. The molecule has 2 heterocycles. The zero-order valence-electron chi connectivity index (χ0n) is 11.9. The molecule has 0 aliphatic carbocycles. The van der Waals surface area contributed by atoms with Crippen LogP contribution in [0.1, 0.15) is 36.9 Å². The average molecular weight is 265 g/mol. The summed E-state index contributed by atoms with van der Waals surface area (Å²) in [6.07, 6.45) is 5.28. The summed E-state index contributed by atoms with van der Waals surface area (Å²) < 4.78 is 16.5. The first kappa shape index (κ1) is 14.3. The van der Waals surface area contributed by atoms with E-state index in [0.717, 1.165) is 56.0 Å². The molecule has 4 heteroatoms. The highest BCUT2D eigenvalue weighted by molar-refractivity contribution is 5.28. The van der Waals surface area contributed by atoms with Crippen molar-refractivity contribution in [3.05, 3.63) is 23.4 Å². The maximum absolute atomic E-state index is 5.72. The van der Waals surface area contributed by atoms with E-state index in [1.54, 1.807) is 7.11 Å². The molecule has 0 radical (unpaired) electrons. The Bertz CT molecular complexity index is 389.